The van der Waals surface area contributed by atoms with Crippen LogP contribution in [0.3, 0.4) is 0 Å². The van der Waals surface area contributed by atoms with E-state index in [4.69, 9.17) is 9.47 Å². The molecule has 3 rings (SSSR count). The predicted molar refractivity (Wildman–Crippen MR) is 104 cm³/mol. The molecule has 8 heteroatoms. The van der Waals surface area contributed by atoms with Gasteiger partial charge in [-0.25, -0.2) is 4.79 Å². The largest absolute Gasteiger partial charge is 0.480 e. The molecule has 2 aliphatic rings. The topological polar surface area (TPSA) is 105 Å². The van der Waals surface area contributed by atoms with Gasteiger partial charge in [0.05, 0.1) is 31.9 Å². The lowest BCUT2D eigenvalue weighted by Crippen LogP contribution is -2.56. The van der Waals surface area contributed by atoms with Crippen LogP contribution in [0, 0.1) is 5.92 Å². The van der Waals surface area contributed by atoms with E-state index in [1.165, 1.54) is 4.90 Å². The third-order valence-electron chi connectivity index (χ3n) is 5.60. The molecule has 0 spiro atoms. The van der Waals surface area contributed by atoms with Crippen LogP contribution in [0.25, 0.3) is 0 Å². The van der Waals surface area contributed by atoms with Gasteiger partial charge in [-0.2, -0.15) is 0 Å². The number of nitrogens with one attached hydrogen (secondary N) is 1. The summed E-state index contributed by atoms with van der Waals surface area (Å²) in [6, 6.07) is 6.92. The van der Waals surface area contributed by atoms with Gasteiger partial charge in [-0.15, -0.1) is 0 Å². The fourth-order valence-corrected chi connectivity index (χ4v) is 4.19. The first kappa shape index (κ1) is 21.3. The second-order valence-corrected chi connectivity index (χ2v) is 7.58. The Morgan fingerprint density at radius 3 is 2.66 bits per heavy atom. The van der Waals surface area contributed by atoms with E-state index < -0.39 is 30.1 Å². The zero-order valence-electron chi connectivity index (χ0n) is 16.7. The molecule has 3 unspecified atom stereocenters. The Balaban J connectivity index is 1.73. The molecule has 0 saturated carbocycles. The SMILES string of the molecule is CCOC(=O)C(Cc1ccccc1)N[C@@H](C)C(=O)N1C2COCC2C[C@H]1C(=O)O. The summed E-state index contributed by atoms with van der Waals surface area (Å²) in [4.78, 5) is 38.8. The monoisotopic (exact) mass is 404 g/mol. The minimum Gasteiger partial charge on any atom is -0.480 e. The van der Waals surface area contributed by atoms with Crippen LogP contribution in [0.15, 0.2) is 30.3 Å². The number of nitrogens with zero attached hydrogens (tertiary/aromatic N) is 1. The van der Waals surface area contributed by atoms with Gasteiger partial charge in [-0.3, -0.25) is 14.9 Å². The van der Waals surface area contributed by atoms with Crippen molar-refractivity contribution in [3.63, 3.8) is 0 Å². The molecule has 2 saturated heterocycles. The Hall–Kier alpha value is -2.45. The molecule has 5 atom stereocenters. The quantitative estimate of drug-likeness (QED) is 0.619. The lowest BCUT2D eigenvalue weighted by Gasteiger charge is -2.31. The maximum atomic E-state index is 13.2. The third kappa shape index (κ3) is 4.76. The fraction of sp³-hybridized carbons (Fsp3) is 0.571. The van der Waals surface area contributed by atoms with Crippen molar-refractivity contribution < 1.29 is 29.0 Å². The van der Waals surface area contributed by atoms with Gasteiger partial charge in [-0.05, 0) is 32.3 Å². The van der Waals surface area contributed by atoms with Gasteiger partial charge in [0.15, 0.2) is 0 Å². The zero-order valence-corrected chi connectivity index (χ0v) is 16.7. The summed E-state index contributed by atoms with van der Waals surface area (Å²) in [5.41, 5.74) is 0.937. The molecule has 2 N–H and O–H groups in total. The smallest absolute Gasteiger partial charge is 0.326 e. The summed E-state index contributed by atoms with van der Waals surface area (Å²) >= 11 is 0. The average molecular weight is 404 g/mol. The number of likely N-dealkylation sites (tertiary alicyclic amines) is 1. The number of carbonyl (C=O) groups excluding carboxylic acids is 2. The van der Waals surface area contributed by atoms with E-state index in [9.17, 15) is 19.5 Å². The Labute approximate surface area is 170 Å². The maximum Gasteiger partial charge on any atom is 0.326 e. The van der Waals surface area contributed by atoms with Gasteiger partial charge >= 0.3 is 11.9 Å². The summed E-state index contributed by atoms with van der Waals surface area (Å²) in [6.45, 7) is 4.44. The van der Waals surface area contributed by atoms with Crippen molar-refractivity contribution in [3.05, 3.63) is 35.9 Å². The zero-order chi connectivity index (χ0) is 21.0. The van der Waals surface area contributed by atoms with Crippen LogP contribution >= 0.6 is 0 Å². The highest BCUT2D eigenvalue weighted by atomic mass is 16.5. The second-order valence-electron chi connectivity index (χ2n) is 7.58. The van der Waals surface area contributed by atoms with Gasteiger partial charge in [0.1, 0.15) is 12.1 Å². The highest BCUT2D eigenvalue weighted by Crippen LogP contribution is 2.35. The van der Waals surface area contributed by atoms with Crippen molar-refractivity contribution in [3.8, 4) is 0 Å². The molecule has 0 aromatic heterocycles. The van der Waals surface area contributed by atoms with Crippen molar-refractivity contribution in [1.82, 2.24) is 10.2 Å². The second kappa shape index (κ2) is 9.37. The summed E-state index contributed by atoms with van der Waals surface area (Å²) in [5.74, 6) is -1.74. The predicted octanol–water partition coefficient (Wildman–Crippen LogP) is 0.839. The molecule has 158 valence electrons. The lowest BCUT2D eigenvalue weighted by atomic mass is 10.0. The molecule has 8 nitrogen and oxygen atoms in total. The Morgan fingerprint density at radius 2 is 2.00 bits per heavy atom. The number of esters is 1. The molecule has 2 fully saturated rings. The lowest BCUT2D eigenvalue weighted by molar-refractivity contribution is -0.152. The van der Waals surface area contributed by atoms with Gasteiger partial charge in [0.2, 0.25) is 5.91 Å². The van der Waals surface area contributed by atoms with E-state index in [0.717, 1.165) is 5.56 Å². The van der Waals surface area contributed by atoms with Gasteiger partial charge < -0.3 is 19.5 Å². The molecule has 1 aromatic rings. The van der Waals surface area contributed by atoms with Crippen molar-refractivity contribution in [1.29, 1.82) is 0 Å². The average Bonchev–Trinajstić information content (AvgIpc) is 3.29. The van der Waals surface area contributed by atoms with Gasteiger partial charge in [-0.1, -0.05) is 30.3 Å². The number of hydrogen-bond acceptors (Lipinski definition) is 6. The number of hydrogen-bond donors (Lipinski definition) is 2. The van der Waals surface area contributed by atoms with E-state index in [-0.39, 0.29) is 24.5 Å². The van der Waals surface area contributed by atoms with Crippen LogP contribution in [0.2, 0.25) is 0 Å². The van der Waals surface area contributed by atoms with Crippen molar-refractivity contribution in [2.24, 2.45) is 5.92 Å². The fourth-order valence-electron chi connectivity index (χ4n) is 4.19. The normalized spacial score (nSPS) is 25.3. The van der Waals surface area contributed by atoms with Crippen LogP contribution in [-0.4, -0.2) is 71.8 Å². The highest BCUT2D eigenvalue weighted by molar-refractivity contribution is 5.88. The van der Waals surface area contributed by atoms with Crippen LogP contribution in [0.1, 0.15) is 25.8 Å². The van der Waals surface area contributed by atoms with Crippen LogP contribution in [0.5, 0.6) is 0 Å². The molecule has 0 radical (unpaired) electrons. The third-order valence-corrected chi connectivity index (χ3v) is 5.60. The Kier molecular flexibility index (Phi) is 6.87. The first-order chi connectivity index (χ1) is 13.9. The number of rotatable bonds is 8. The Bertz CT molecular complexity index is 740. The minimum absolute atomic E-state index is 0.0393. The number of amides is 1. The number of aliphatic carboxylic acids is 1. The molecule has 2 heterocycles. The van der Waals surface area contributed by atoms with Crippen molar-refractivity contribution in [2.75, 3.05) is 19.8 Å². The van der Waals surface area contributed by atoms with Crippen LogP contribution in [-0.2, 0) is 30.3 Å². The molecule has 1 aromatic carbocycles. The summed E-state index contributed by atoms with van der Waals surface area (Å²) in [5, 5.41) is 12.6. The molecule has 0 bridgehead atoms. The van der Waals surface area contributed by atoms with E-state index in [2.05, 4.69) is 5.32 Å². The number of carbonyl (C=O) groups is 3. The molecule has 1 amide bonds. The van der Waals surface area contributed by atoms with E-state index in [0.29, 0.717) is 26.1 Å². The number of benzene rings is 1. The van der Waals surface area contributed by atoms with E-state index in [1.54, 1.807) is 13.8 Å². The Morgan fingerprint density at radius 1 is 1.28 bits per heavy atom. The number of ether oxygens (including phenoxy) is 2. The number of carboxylic acid groups (broad SMARTS) is 1. The van der Waals surface area contributed by atoms with E-state index in [1.807, 2.05) is 30.3 Å². The van der Waals surface area contributed by atoms with E-state index >= 15 is 0 Å². The first-order valence-electron chi connectivity index (χ1n) is 10.0. The highest BCUT2D eigenvalue weighted by Gasteiger charge is 2.50. The van der Waals surface area contributed by atoms with Crippen LogP contribution < -0.4 is 5.32 Å². The molecule has 29 heavy (non-hydrogen) atoms. The maximum absolute atomic E-state index is 13.2. The van der Waals surface area contributed by atoms with Gasteiger partial charge in [0, 0.05) is 5.92 Å². The number of carboxylic acids is 1. The molecule has 2 aliphatic heterocycles. The number of fused-ring (bicyclic) bond motifs is 1. The molecular formula is C21H28N2O6. The summed E-state index contributed by atoms with van der Waals surface area (Å²) < 4.78 is 10.6. The van der Waals surface area contributed by atoms with Crippen molar-refractivity contribution in [2.45, 2.75) is 50.9 Å². The van der Waals surface area contributed by atoms with Crippen molar-refractivity contribution >= 4 is 17.8 Å². The summed E-state index contributed by atoms with van der Waals surface area (Å²) in [7, 11) is 0. The molecular weight excluding hydrogens is 376 g/mol. The standard InChI is InChI=1S/C21H28N2O6/c1-3-29-21(27)16(9-14-7-5-4-6-8-14)22-13(2)19(24)23-17(20(25)26)10-15-11-28-12-18(15)23/h4-8,13,15-18,22H,3,9-12H2,1-2H3,(H,25,26)/t13-,15?,16?,17-,18?/m0/s1. The van der Waals surface area contributed by atoms with Gasteiger partial charge in [0.25, 0.3) is 0 Å². The first-order valence-corrected chi connectivity index (χ1v) is 10.0. The summed E-state index contributed by atoms with van der Waals surface area (Å²) in [6.07, 6.45) is 0.762. The van der Waals surface area contributed by atoms with Crippen LogP contribution in [0.4, 0.5) is 0 Å². The molecule has 0 aliphatic carbocycles. The minimum atomic E-state index is -1.01.